The van der Waals surface area contributed by atoms with Crippen molar-refractivity contribution < 1.29 is 33.2 Å². The second-order valence-electron chi connectivity index (χ2n) is 34.3. The smallest absolute Gasteiger partial charge is 0.208 e. The van der Waals surface area contributed by atoms with Gasteiger partial charge in [0.05, 0.1) is 164 Å². The third kappa shape index (κ3) is 23.5. The van der Waals surface area contributed by atoms with Gasteiger partial charge in [0.1, 0.15) is 74.5 Å². The van der Waals surface area contributed by atoms with Gasteiger partial charge >= 0.3 is 0 Å². The van der Waals surface area contributed by atoms with Gasteiger partial charge in [0.2, 0.25) is 23.3 Å². The van der Waals surface area contributed by atoms with Crippen LogP contribution in [0.2, 0.25) is 15.3 Å². The number of pyridine rings is 4. The first-order valence-corrected chi connectivity index (χ1v) is 47.8. The number of aryl methyl sites for hydroxylation is 10. The van der Waals surface area contributed by atoms with Crippen LogP contribution in [0.1, 0.15) is 146 Å². The zero-order valence-electron chi connectivity index (χ0n) is 82.4. The van der Waals surface area contributed by atoms with E-state index in [9.17, 15) is 0 Å². The molecule has 3 atom stereocenters. The Labute approximate surface area is 847 Å². The molecule has 3 fully saturated rings. The molecular formula is C97H107Cl3N38O7. The number of nitrogens with two attached hydrogens (primary N) is 2. The first-order chi connectivity index (χ1) is 70.2. The van der Waals surface area contributed by atoms with Crippen molar-refractivity contribution in [3.8, 4) is 68.5 Å². The summed E-state index contributed by atoms with van der Waals surface area (Å²) in [4.78, 5) is 43.3. The average molecular weight is 2020 g/mol. The quantitative estimate of drug-likeness (QED) is 0.0329. The van der Waals surface area contributed by atoms with Crippen molar-refractivity contribution in [2.45, 2.75) is 144 Å². The molecule has 18 aromatic rings. The van der Waals surface area contributed by atoms with E-state index < -0.39 is 0 Å². The van der Waals surface area contributed by atoms with Crippen LogP contribution >= 0.6 is 34.8 Å². The summed E-state index contributed by atoms with van der Waals surface area (Å²) >= 11 is 18.5. The Bertz CT molecular complexity index is 7620. The number of para-hydroxylation sites is 4. The van der Waals surface area contributed by atoms with Gasteiger partial charge in [0, 0.05) is 56.6 Å². The van der Waals surface area contributed by atoms with Gasteiger partial charge in [-0.2, -0.15) is 44.7 Å². The number of fused-ring (bicyclic) bond motifs is 4. The molecule has 3 unspecified atom stereocenters. The highest BCUT2D eigenvalue weighted by Gasteiger charge is 2.31. The van der Waals surface area contributed by atoms with Gasteiger partial charge in [-0.1, -0.05) is 59.1 Å². The minimum absolute atomic E-state index is 0.00853. The van der Waals surface area contributed by atoms with E-state index in [2.05, 4.69) is 128 Å². The third-order valence-corrected chi connectivity index (χ3v) is 24.2. The maximum Gasteiger partial charge on any atom is 0.208 e. The molecule has 0 radical (unpaired) electrons. The number of nitrogen functional groups attached to an aromatic ring is 2. The highest BCUT2D eigenvalue weighted by Crippen LogP contribution is 2.46. The Morgan fingerprint density at radius 3 is 1.12 bits per heavy atom. The maximum absolute atomic E-state index is 6.42. The SMILES string of the molecule is COc1c(N)cccc1-c1nnn(C)n1.COc1c(Nc2cc(Cc3ccc(C)nn3)nc3c2N=C(C)C3)cccc1-c1nnn(C)n1.COc1c(Nc2cc(Cc3ccc(C)nn3)nc3c2nc(C)n3C2CCCCO2)cccc1-c1nnn(C)n1.COc1c(Nc2cc(Cl)nc3c2nc(C)n3C2CCCCO2)cccc1-c1nnn(C)n1.Cc1ccc(N)nn1.Cc1nc2c(Cl)cc(Cl)nc2n1C1CCCCO1. The lowest BCUT2D eigenvalue weighted by molar-refractivity contribution is -0.0310. The number of anilines is 8. The number of nitrogens with zero attached hydrogens (tertiary/aromatic N) is 33. The molecule has 4 aliphatic heterocycles. The van der Waals surface area contributed by atoms with E-state index in [1.807, 2.05) is 167 Å². The van der Waals surface area contributed by atoms with Crippen LogP contribution in [0.25, 0.3) is 79.0 Å². The highest BCUT2D eigenvalue weighted by molar-refractivity contribution is 6.37. The first kappa shape index (κ1) is 101. The molecule has 18 heterocycles. The molecule has 3 saturated heterocycles. The number of halogens is 3. The van der Waals surface area contributed by atoms with E-state index in [1.165, 1.54) is 19.2 Å². The van der Waals surface area contributed by atoms with Crippen molar-refractivity contribution in [3.63, 3.8) is 0 Å². The molecule has 145 heavy (non-hydrogen) atoms. The summed E-state index contributed by atoms with van der Waals surface area (Å²) in [6.45, 7) is 15.8. The zero-order valence-corrected chi connectivity index (χ0v) is 84.7. The van der Waals surface area contributed by atoms with E-state index in [-0.39, 0.29) is 18.7 Å². The fourth-order valence-corrected chi connectivity index (χ4v) is 17.7. The lowest BCUT2D eigenvalue weighted by Crippen LogP contribution is -2.19. The van der Waals surface area contributed by atoms with Gasteiger partial charge in [-0.15, -0.1) is 45.9 Å². The molecule has 0 aliphatic carbocycles. The van der Waals surface area contributed by atoms with Gasteiger partial charge in [0.15, 0.2) is 39.9 Å². The van der Waals surface area contributed by atoms with Crippen molar-refractivity contribution >= 4 is 125 Å². The molecule has 0 saturated carbocycles. The number of hydrogen-bond donors (Lipinski definition) is 5. The third-order valence-electron chi connectivity index (χ3n) is 23.6. The molecule has 14 aromatic heterocycles. The predicted molar refractivity (Wildman–Crippen MR) is 547 cm³/mol. The normalized spacial score (nSPS) is 14.7. The number of benzene rings is 4. The van der Waals surface area contributed by atoms with Crippen molar-refractivity contribution in [1.29, 1.82) is 0 Å². The number of nitrogens with one attached hydrogen (secondary N) is 3. The summed E-state index contributed by atoms with van der Waals surface area (Å²) in [5, 5.41) is 85.0. The minimum atomic E-state index is -0.0980. The van der Waals surface area contributed by atoms with Crippen molar-refractivity contribution in [1.82, 2.24) is 160 Å². The monoisotopic (exact) mass is 2020 g/mol. The summed E-state index contributed by atoms with van der Waals surface area (Å²) in [6, 6.07) is 41.5. The Morgan fingerprint density at radius 1 is 0.366 bits per heavy atom. The van der Waals surface area contributed by atoms with E-state index in [4.69, 9.17) is 104 Å². The summed E-state index contributed by atoms with van der Waals surface area (Å²) < 4.78 is 46.5. The predicted octanol–water partition coefficient (Wildman–Crippen LogP) is 16.0. The molecule has 4 aromatic carbocycles. The fraction of sp³-hybridized carbons (Fsp3) is 0.340. The molecule has 0 spiro atoms. The summed E-state index contributed by atoms with van der Waals surface area (Å²) in [5.74, 6) is 7.34. The lowest BCUT2D eigenvalue weighted by Gasteiger charge is -2.25. The molecule has 22 rings (SSSR count). The molecule has 45 nitrogen and oxygen atoms in total. The van der Waals surface area contributed by atoms with E-state index in [0.717, 1.165) is 226 Å². The van der Waals surface area contributed by atoms with Crippen LogP contribution in [-0.4, -0.2) is 214 Å². The molecule has 748 valence electrons. The molecule has 0 amide bonds. The van der Waals surface area contributed by atoms with E-state index in [0.29, 0.717) is 108 Å². The number of imidazole rings is 3. The second-order valence-corrected chi connectivity index (χ2v) is 35.5. The number of methoxy groups -OCH3 is 4. The number of aromatic nitrogens is 32. The Balaban J connectivity index is 0.000000125. The van der Waals surface area contributed by atoms with Gasteiger partial charge in [-0.3, -0.25) is 23.7 Å². The summed E-state index contributed by atoms with van der Waals surface area (Å²) in [7, 11) is 13.3. The Kier molecular flexibility index (Phi) is 31.6. The Morgan fingerprint density at radius 2 is 0.738 bits per heavy atom. The van der Waals surface area contributed by atoms with Crippen molar-refractivity contribution in [3.05, 3.63) is 212 Å². The van der Waals surface area contributed by atoms with Crippen LogP contribution in [0.15, 0.2) is 138 Å². The second kappa shape index (κ2) is 45.5. The van der Waals surface area contributed by atoms with Gasteiger partial charge in [0.25, 0.3) is 0 Å². The van der Waals surface area contributed by atoms with Crippen LogP contribution < -0.4 is 46.4 Å². The molecular weight excluding hydrogens is 1920 g/mol. The number of ether oxygens (including phenoxy) is 7. The van der Waals surface area contributed by atoms with Crippen molar-refractivity contribution in [2.24, 2.45) is 33.2 Å². The minimum Gasteiger partial charge on any atom is -0.494 e. The van der Waals surface area contributed by atoms with Crippen LogP contribution in [0.4, 0.5) is 51.3 Å². The average Bonchev–Trinajstić information content (AvgIpc) is 1.62. The van der Waals surface area contributed by atoms with Crippen LogP contribution in [0.3, 0.4) is 0 Å². The fourth-order valence-electron chi connectivity index (χ4n) is 17.0. The molecule has 4 aliphatic rings. The van der Waals surface area contributed by atoms with Crippen molar-refractivity contribution in [2.75, 3.05) is 75.7 Å². The van der Waals surface area contributed by atoms with Gasteiger partial charge < -0.3 is 60.6 Å². The number of hydrogen-bond acceptors (Lipinski definition) is 38. The maximum atomic E-state index is 6.42. The van der Waals surface area contributed by atoms with Crippen LogP contribution in [0.5, 0.6) is 23.0 Å². The number of tetrazole rings is 4. The van der Waals surface area contributed by atoms with E-state index >= 15 is 0 Å². The standard InChI is InChI=1S/C27H30N10O2.C23H23N9O.C21H23ClN8O2.C12H13Cl2N3O.C9H11N5O.C5H7N3/c1-16-11-12-18(32-31-16)14-19-15-22(24-27(29-19)37(17(2)28-24)23-10-5-6-13-39-23)30-21-9-7-8-20(25(21)38-4)26-33-35-36(3)34-26;1-13-8-9-15(28-27-13)11-16-12-20(21-19(25-16)10-14(2)24-21)26-18-7-5-6-17(22(18)33-4)23-29-31-32(3)30-23;1-12-23-18-15(11-16(22)25-21(18)30(12)17-9-4-5-10-32-17)24-14-8-6-7-13(19(14)31-3)20-26-28-29(2)27-20;1-7-15-11-8(13)6-9(14)16-12(11)17(7)10-4-2-3-5-18-10;1-14-12-9(11-13-14)6-4-3-5-7(10)8(6)15-2;1-4-2-3-5(6)8-7-4/h7-9,11-12,15,23H,5-6,10,13-14H2,1-4H3,(H,29,30);5-9,12H,10-11H2,1-4H3,(H,25,26);6-8,11,17H,4-5,9-10H2,1-3H3,(H,24,25);6,10H,2-5H2,1H3;3-5H,10H2,1-2H3;2-3H,1H3,(H2,6,8). The topological polar surface area (TPSA) is 522 Å². The largest absolute Gasteiger partial charge is 0.494 e. The van der Waals surface area contributed by atoms with E-state index in [1.54, 1.807) is 80.9 Å². The Hall–Kier alpha value is -16.0. The molecule has 0 bridgehead atoms. The summed E-state index contributed by atoms with van der Waals surface area (Å²) in [5.41, 5.74) is 32.4. The number of rotatable bonds is 21. The molecule has 7 N–H and O–H groups in total. The highest BCUT2D eigenvalue weighted by atomic mass is 35.5. The van der Waals surface area contributed by atoms with Gasteiger partial charge in [-0.25, -0.2) is 29.9 Å². The lowest BCUT2D eigenvalue weighted by atomic mass is 10.1. The number of aliphatic imine (C=N–C) groups is 1. The zero-order chi connectivity index (χ0) is 102. The van der Waals surface area contributed by atoms with Crippen LogP contribution in [-0.2, 0) is 61.7 Å². The summed E-state index contributed by atoms with van der Waals surface area (Å²) in [6.07, 6.45) is 11.0. The van der Waals surface area contributed by atoms with Gasteiger partial charge in [-0.05, 0) is 230 Å². The molecule has 48 heteroatoms. The first-order valence-electron chi connectivity index (χ1n) is 46.6. The van der Waals surface area contributed by atoms with Crippen LogP contribution in [0, 0.1) is 41.5 Å².